The summed E-state index contributed by atoms with van der Waals surface area (Å²) in [4.78, 5) is 13.8. The summed E-state index contributed by atoms with van der Waals surface area (Å²) in [6.45, 7) is 4.21. The van der Waals surface area contributed by atoms with Crippen molar-refractivity contribution in [3.8, 4) is 0 Å². The zero-order valence-corrected chi connectivity index (χ0v) is 11.5. The first-order chi connectivity index (χ1) is 8.24. The molecule has 1 aliphatic heterocycles. The highest BCUT2D eigenvalue weighted by Crippen LogP contribution is 2.09. The van der Waals surface area contributed by atoms with E-state index in [1.54, 1.807) is 0 Å². The van der Waals surface area contributed by atoms with Gasteiger partial charge >= 0.3 is 0 Å². The van der Waals surface area contributed by atoms with Gasteiger partial charge < -0.3 is 10.2 Å². The molecule has 1 aliphatic rings. The molecule has 17 heavy (non-hydrogen) atoms. The highest BCUT2D eigenvalue weighted by atomic mass is 16.2. The first kappa shape index (κ1) is 14.5. The molecule has 0 aliphatic carbocycles. The molecule has 1 rings (SSSR count). The first-order valence-corrected chi connectivity index (χ1v) is 7.21. The Balaban J connectivity index is 2.05. The summed E-state index contributed by atoms with van der Waals surface area (Å²) < 4.78 is 0. The minimum absolute atomic E-state index is 0.315. The molecule has 1 atom stereocenters. The van der Waals surface area contributed by atoms with Crippen LogP contribution in [0, 0.1) is 0 Å². The van der Waals surface area contributed by atoms with Crippen LogP contribution in [-0.4, -0.2) is 37.0 Å². The van der Waals surface area contributed by atoms with Crippen LogP contribution in [-0.2, 0) is 4.79 Å². The van der Waals surface area contributed by atoms with E-state index in [2.05, 4.69) is 12.2 Å². The number of hydrogen-bond donors (Lipinski definition) is 1. The molecule has 1 heterocycles. The summed E-state index contributed by atoms with van der Waals surface area (Å²) in [5, 5.41) is 3.43. The maximum atomic E-state index is 11.9. The van der Waals surface area contributed by atoms with E-state index in [4.69, 9.17) is 0 Å². The molecular weight excluding hydrogens is 212 g/mol. The number of nitrogens with one attached hydrogen (secondary N) is 1. The van der Waals surface area contributed by atoms with Crippen LogP contribution in [0.15, 0.2) is 0 Å². The van der Waals surface area contributed by atoms with Crippen molar-refractivity contribution in [2.45, 2.75) is 64.3 Å². The average Bonchev–Trinajstić information content (AvgIpc) is 2.81. The number of likely N-dealkylation sites (N-methyl/N-ethyl adjacent to an activating group) is 1. The molecule has 1 saturated heterocycles. The van der Waals surface area contributed by atoms with Gasteiger partial charge in [0.2, 0.25) is 5.91 Å². The predicted molar refractivity (Wildman–Crippen MR) is 72.0 cm³/mol. The highest BCUT2D eigenvalue weighted by molar-refractivity contribution is 5.75. The normalized spacial score (nSPS) is 19.5. The standard InChI is InChI=1S/C14H28N2O/c1-3-4-5-6-7-10-14(17)16(2)12-13-9-8-11-15-13/h13,15H,3-12H2,1-2H3. The first-order valence-electron chi connectivity index (χ1n) is 7.21. The van der Waals surface area contributed by atoms with E-state index in [9.17, 15) is 4.79 Å². The molecule has 0 saturated carbocycles. The molecule has 3 nitrogen and oxygen atoms in total. The lowest BCUT2D eigenvalue weighted by Gasteiger charge is -2.21. The molecule has 0 spiro atoms. The molecule has 1 fully saturated rings. The van der Waals surface area contributed by atoms with Crippen LogP contribution in [0.4, 0.5) is 0 Å². The lowest BCUT2D eigenvalue weighted by atomic mass is 10.1. The number of unbranched alkanes of at least 4 members (excludes halogenated alkanes) is 4. The van der Waals surface area contributed by atoms with Crippen molar-refractivity contribution in [2.75, 3.05) is 20.1 Å². The van der Waals surface area contributed by atoms with Gasteiger partial charge in [0.05, 0.1) is 0 Å². The quantitative estimate of drug-likeness (QED) is 0.661. The maximum absolute atomic E-state index is 11.9. The Bertz CT molecular complexity index is 212. The van der Waals surface area contributed by atoms with Gasteiger partial charge in [0.1, 0.15) is 0 Å². The lowest BCUT2D eigenvalue weighted by molar-refractivity contribution is -0.130. The molecule has 0 radical (unpaired) electrons. The fourth-order valence-corrected chi connectivity index (χ4v) is 2.42. The molecule has 100 valence electrons. The van der Waals surface area contributed by atoms with Crippen LogP contribution >= 0.6 is 0 Å². The average molecular weight is 240 g/mol. The van der Waals surface area contributed by atoms with Crippen molar-refractivity contribution in [1.29, 1.82) is 0 Å². The summed E-state index contributed by atoms with van der Waals surface area (Å²) in [5.74, 6) is 0.315. The summed E-state index contributed by atoms with van der Waals surface area (Å²) in [7, 11) is 1.94. The maximum Gasteiger partial charge on any atom is 0.222 e. The van der Waals surface area contributed by atoms with Crippen LogP contribution < -0.4 is 5.32 Å². The number of nitrogens with zero attached hydrogens (tertiary/aromatic N) is 1. The van der Waals surface area contributed by atoms with Gasteiger partial charge in [-0.2, -0.15) is 0 Å². The number of carbonyl (C=O) groups excluding carboxylic acids is 1. The van der Waals surface area contributed by atoms with Gasteiger partial charge in [-0.1, -0.05) is 32.6 Å². The Labute approximate surface area is 106 Å². The van der Waals surface area contributed by atoms with Crippen molar-refractivity contribution in [1.82, 2.24) is 10.2 Å². The Kier molecular flexibility index (Phi) is 7.25. The third-order valence-electron chi connectivity index (χ3n) is 3.58. The van der Waals surface area contributed by atoms with Gasteiger partial charge in [0.15, 0.2) is 0 Å². The van der Waals surface area contributed by atoms with Gasteiger partial charge in [0, 0.05) is 26.1 Å². The van der Waals surface area contributed by atoms with Gasteiger partial charge in [-0.25, -0.2) is 0 Å². The minimum atomic E-state index is 0.315. The second kappa shape index (κ2) is 8.51. The highest BCUT2D eigenvalue weighted by Gasteiger charge is 2.18. The fourth-order valence-electron chi connectivity index (χ4n) is 2.42. The Morgan fingerprint density at radius 3 is 2.71 bits per heavy atom. The van der Waals surface area contributed by atoms with E-state index >= 15 is 0 Å². The summed E-state index contributed by atoms with van der Waals surface area (Å²) >= 11 is 0. The number of rotatable bonds is 8. The fraction of sp³-hybridized carbons (Fsp3) is 0.929. The second-order valence-electron chi connectivity index (χ2n) is 5.23. The summed E-state index contributed by atoms with van der Waals surface area (Å²) in [5.41, 5.74) is 0. The van der Waals surface area contributed by atoms with Crippen molar-refractivity contribution in [3.63, 3.8) is 0 Å². The summed E-state index contributed by atoms with van der Waals surface area (Å²) in [6.07, 6.45) is 9.30. The zero-order chi connectivity index (χ0) is 12.5. The number of amides is 1. The Morgan fingerprint density at radius 1 is 1.29 bits per heavy atom. The molecule has 0 aromatic carbocycles. The lowest BCUT2D eigenvalue weighted by Crippen LogP contribution is -2.38. The molecule has 1 amide bonds. The second-order valence-corrected chi connectivity index (χ2v) is 5.23. The monoisotopic (exact) mass is 240 g/mol. The third kappa shape index (κ3) is 6.06. The van der Waals surface area contributed by atoms with Crippen molar-refractivity contribution < 1.29 is 4.79 Å². The van der Waals surface area contributed by atoms with Crippen LogP contribution in [0.25, 0.3) is 0 Å². The van der Waals surface area contributed by atoms with Crippen molar-refractivity contribution in [2.24, 2.45) is 0 Å². The number of carbonyl (C=O) groups is 1. The van der Waals surface area contributed by atoms with E-state index in [0.29, 0.717) is 11.9 Å². The molecular formula is C14H28N2O. The minimum Gasteiger partial charge on any atom is -0.344 e. The van der Waals surface area contributed by atoms with E-state index < -0.39 is 0 Å². The molecule has 1 unspecified atom stereocenters. The molecule has 3 heteroatoms. The van der Waals surface area contributed by atoms with Crippen molar-refractivity contribution in [3.05, 3.63) is 0 Å². The van der Waals surface area contributed by atoms with Gasteiger partial charge in [-0.05, 0) is 25.8 Å². The molecule has 0 aromatic rings. The topological polar surface area (TPSA) is 32.3 Å². The predicted octanol–water partition coefficient (Wildman–Crippen LogP) is 2.56. The van der Waals surface area contributed by atoms with Crippen LogP contribution in [0.5, 0.6) is 0 Å². The van der Waals surface area contributed by atoms with Crippen LogP contribution in [0.3, 0.4) is 0 Å². The smallest absolute Gasteiger partial charge is 0.222 e. The Morgan fingerprint density at radius 2 is 2.06 bits per heavy atom. The molecule has 0 bridgehead atoms. The van der Waals surface area contributed by atoms with Gasteiger partial charge in [0.25, 0.3) is 0 Å². The molecule has 1 N–H and O–H groups in total. The van der Waals surface area contributed by atoms with E-state index in [1.807, 2.05) is 11.9 Å². The van der Waals surface area contributed by atoms with E-state index in [0.717, 1.165) is 25.9 Å². The van der Waals surface area contributed by atoms with Crippen LogP contribution in [0.1, 0.15) is 58.3 Å². The van der Waals surface area contributed by atoms with Gasteiger partial charge in [-0.15, -0.1) is 0 Å². The molecule has 0 aromatic heterocycles. The third-order valence-corrected chi connectivity index (χ3v) is 3.58. The summed E-state index contributed by atoms with van der Waals surface area (Å²) in [6, 6.07) is 0.532. The zero-order valence-electron chi connectivity index (χ0n) is 11.5. The number of hydrogen-bond acceptors (Lipinski definition) is 2. The van der Waals surface area contributed by atoms with Crippen LogP contribution in [0.2, 0.25) is 0 Å². The Hall–Kier alpha value is -0.570. The van der Waals surface area contributed by atoms with E-state index in [1.165, 1.54) is 38.5 Å². The van der Waals surface area contributed by atoms with E-state index in [-0.39, 0.29) is 0 Å². The largest absolute Gasteiger partial charge is 0.344 e. The van der Waals surface area contributed by atoms with Gasteiger partial charge in [-0.3, -0.25) is 4.79 Å². The SMILES string of the molecule is CCCCCCCC(=O)N(C)CC1CCCN1. The van der Waals surface area contributed by atoms with Crippen molar-refractivity contribution >= 4 is 5.91 Å².